The summed E-state index contributed by atoms with van der Waals surface area (Å²) in [5.41, 5.74) is 0.467. The number of rotatable bonds is 3. The molecule has 2 aromatic rings. The topological polar surface area (TPSA) is 30.2 Å². The van der Waals surface area contributed by atoms with Gasteiger partial charge in [-0.05, 0) is 31.5 Å². The average Bonchev–Trinajstić information content (AvgIpc) is 2.64. The molecular formula is C14H12F2O2. The molecule has 1 aromatic heterocycles. The second-order valence-electron chi connectivity index (χ2n) is 4.14. The lowest BCUT2D eigenvalue weighted by Crippen LogP contribution is -2.06. The molecule has 0 amide bonds. The van der Waals surface area contributed by atoms with E-state index >= 15 is 0 Å². The maximum atomic E-state index is 13.4. The van der Waals surface area contributed by atoms with Gasteiger partial charge in [0.2, 0.25) is 0 Å². The highest BCUT2D eigenvalue weighted by Crippen LogP contribution is 2.18. The number of benzene rings is 1. The zero-order chi connectivity index (χ0) is 13.3. The summed E-state index contributed by atoms with van der Waals surface area (Å²) in [6, 6.07) is 5.42. The van der Waals surface area contributed by atoms with Gasteiger partial charge in [0.1, 0.15) is 11.5 Å². The fourth-order valence-corrected chi connectivity index (χ4v) is 1.86. The molecule has 0 bridgehead atoms. The highest BCUT2D eigenvalue weighted by Gasteiger charge is 2.17. The molecule has 0 saturated carbocycles. The molecule has 2 nitrogen and oxygen atoms in total. The Kier molecular flexibility index (Phi) is 3.28. The van der Waals surface area contributed by atoms with Crippen LogP contribution in [0.4, 0.5) is 8.78 Å². The van der Waals surface area contributed by atoms with Crippen LogP contribution in [0.25, 0.3) is 0 Å². The predicted molar refractivity (Wildman–Crippen MR) is 62.6 cm³/mol. The summed E-state index contributed by atoms with van der Waals surface area (Å²) in [5, 5.41) is 0. The zero-order valence-electron chi connectivity index (χ0n) is 10.1. The second kappa shape index (κ2) is 4.72. The average molecular weight is 250 g/mol. The minimum absolute atomic E-state index is 0.0539. The van der Waals surface area contributed by atoms with Gasteiger partial charge < -0.3 is 4.42 Å². The molecule has 0 spiro atoms. The third-order valence-electron chi connectivity index (χ3n) is 2.72. The number of aryl methyl sites for hydroxylation is 2. The third-order valence-corrected chi connectivity index (χ3v) is 2.72. The maximum absolute atomic E-state index is 13.4. The van der Waals surface area contributed by atoms with Gasteiger partial charge in [-0.2, -0.15) is 0 Å². The molecule has 0 fully saturated rings. The summed E-state index contributed by atoms with van der Waals surface area (Å²) in [7, 11) is 0. The first kappa shape index (κ1) is 12.5. The first-order valence-corrected chi connectivity index (χ1v) is 5.52. The number of halogens is 2. The molecule has 0 N–H and O–H groups in total. The largest absolute Gasteiger partial charge is 0.466 e. The van der Waals surface area contributed by atoms with Crippen LogP contribution >= 0.6 is 0 Å². The fourth-order valence-electron chi connectivity index (χ4n) is 1.86. The van der Waals surface area contributed by atoms with Crippen molar-refractivity contribution >= 4 is 5.78 Å². The number of hydrogen-bond acceptors (Lipinski definition) is 2. The summed E-state index contributed by atoms with van der Waals surface area (Å²) in [4.78, 5) is 12.0. The van der Waals surface area contributed by atoms with Crippen LogP contribution in [-0.4, -0.2) is 5.78 Å². The van der Waals surface area contributed by atoms with Gasteiger partial charge in [0.25, 0.3) is 0 Å². The minimum Gasteiger partial charge on any atom is -0.466 e. The Morgan fingerprint density at radius 1 is 1.28 bits per heavy atom. The number of carbonyl (C=O) groups excluding carboxylic acids is 1. The molecule has 0 saturated heterocycles. The van der Waals surface area contributed by atoms with E-state index in [0.717, 1.165) is 6.07 Å². The van der Waals surface area contributed by atoms with Gasteiger partial charge in [0.05, 0.1) is 5.56 Å². The van der Waals surface area contributed by atoms with E-state index in [1.807, 2.05) is 0 Å². The normalized spacial score (nSPS) is 10.7. The van der Waals surface area contributed by atoms with Crippen molar-refractivity contribution in [1.29, 1.82) is 0 Å². The molecule has 1 aromatic carbocycles. The minimum atomic E-state index is -0.969. The van der Waals surface area contributed by atoms with E-state index in [0.29, 0.717) is 17.1 Å². The number of hydrogen-bond donors (Lipinski definition) is 0. The van der Waals surface area contributed by atoms with E-state index in [9.17, 15) is 13.6 Å². The van der Waals surface area contributed by atoms with E-state index in [-0.39, 0.29) is 17.8 Å². The number of furan rings is 1. The zero-order valence-corrected chi connectivity index (χ0v) is 10.1. The number of Topliss-reactive ketones (excluding diaryl/α,β-unsaturated/α-hetero) is 1. The maximum Gasteiger partial charge on any atom is 0.170 e. The van der Waals surface area contributed by atoms with Crippen molar-refractivity contribution in [2.75, 3.05) is 0 Å². The highest BCUT2D eigenvalue weighted by molar-refractivity contribution is 5.98. The molecule has 1 heterocycles. The molecule has 18 heavy (non-hydrogen) atoms. The number of carbonyl (C=O) groups is 1. The van der Waals surface area contributed by atoms with Crippen molar-refractivity contribution < 1.29 is 18.0 Å². The van der Waals surface area contributed by atoms with Crippen LogP contribution in [0, 0.1) is 25.5 Å². The van der Waals surface area contributed by atoms with Crippen molar-refractivity contribution in [3.8, 4) is 0 Å². The lowest BCUT2D eigenvalue weighted by atomic mass is 10.0. The molecule has 2 rings (SSSR count). The summed E-state index contributed by atoms with van der Waals surface area (Å²) < 4.78 is 31.7. The Labute approximate surface area is 103 Å². The van der Waals surface area contributed by atoms with Gasteiger partial charge in [-0.1, -0.05) is 12.1 Å². The van der Waals surface area contributed by atoms with Crippen LogP contribution < -0.4 is 0 Å². The number of ketones is 1. The van der Waals surface area contributed by atoms with Crippen LogP contribution in [0.3, 0.4) is 0 Å². The van der Waals surface area contributed by atoms with Gasteiger partial charge in [0.15, 0.2) is 17.4 Å². The van der Waals surface area contributed by atoms with Crippen molar-refractivity contribution in [3.05, 3.63) is 58.5 Å². The van der Waals surface area contributed by atoms with Crippen LogP contribution in [-0.2, 0) is 6.42 Å². The fraction of sp³-hybridized carbons (Fsp3) is 0.214. The smallest absolute Gasteiger partial charge is 0.170 e. The van der Waals surface area contributed by atoms with Gasteiger partial charge in [-0.3, -0.25) is 4.79 Å². The van der Waals surface area contributed by atoms with Gasteiger partial charge in [-0.25, -0.2) is 8.78 Å². The van der Waals surface area contributed by atoms with E-state index in [1.165, 1.54) is 12.1 Å². The quantitative estimate of drug-likeness (QED) is 0.779. The standard InChI is InChI=1S/C14H12F2O2/c1-8-6-11(9(2)18-8)13(17)7-10-4-3-5-12(15)14(10)16/h3-6H,7H2,1-2H3. The first-order valence-electron chi connectivity index (χ1n) is 5.52. The summed E-state index contributed by atoms with van der Waals surface area (Å²) >= 11 is 0. The van der Waals surface area contributed by atoms with Crippen LogP contribution in [0.2, 0.25) is 0 Å². The van der Waals surface area contributed by atoms with Crippen molar-refractivity contribution in [1.82, 2.24) is 0 Å². The Morgan fingerprint density at radius 2 is 2.00 bits per heavy atom. The Bertz CT molecular complexity index is 600. The molecular weight excluding hydrogens is 238 g/mol. The van der Waals surface area contributed by atoms with E-state index in [2.05, 4.69) is 0 Å². The summed E-state index contributed by atoms with van der Waals surface area (Å²) in [6.45, 7) is 3.40. The van der Waals surface area contributed by atoms with E-state index < -0.39 is 11.6 Å². The molecule has 0 radical (unpaired) electrons. The Hall–Kier alpha value is -1.97. The van der Waals surface area contributed by atoms with E-state index in [1.54, 1.807) is 19.9 Å². The first-order chi connectivity index (χ1) is 8.49. The molecule has 0 aliphatic carbocycles. The summed E-state index contributed by atoms with van der Waals surface area (Å²) in [5.74, 6) is -1.08. The molecule has 0 aliphatic heterocycles. The SMILES string of the molecule is Cc1cc(C(=O)Cc2cccc(F)c2F)c(C)o1. The van der Waals surface area contributed by atoms with Crippen LogP contribution in [0.5, 0.6) is 0 Å². The lowest BCUT2D eigenvalue weighted by molar-refractivity contribution is 0.0990. The molecule has 94 valence electrons. The van der Waals surface area contributed by atoms with Crippen molar-refractivity contribution in [2.45, 2.75) is 20.3 Å². The molecule has 0 unspecified atom stereocenters. The van der Waals surface area contributed by atoms with E-state index in [4.69, 9.17) is 4.42 Å². The monoisotopic (exact) mass is 250 g/mol. The highest BCUT2D eigenvalue weighted by atomic mass is 19.2. The third kappa shape index (κ3) is 2.32. The van der Waals surface area contributed by atoms with Crippen LogP contribution in [0.1, 0.15) is 27.4 Å². The molecule has 0 aliphatic rings. The van der Waals surface area contributed by atoms with Crippen LogP contribution in [0.15, 0.2) is 28.7 Å². The van der Waals surface area contributed by atoms with Crippen molar-refractivity contribution in [2.24, 2.45) is 0 Å². The van der Waals surface area contributed by atoms with Crippen molar-refractivity contribution in [3.63, 3.8) is 0 Å². The van der Waals surface area contributed by atoms with Gasteiger partial charge in [0, 0.05) is 6.42 Å². The lowest BCUT2D eigenvalue weighted by Gasteiger charge is -2.02. The summed E-state index contributed by atoms with van der Waals surface area (Å²) in [6.07, 6.45) is -0.177. The van der Waals surface area contributed by atoms with Gasteiger partial charge >= 0.3 is 0 Å². The Morgan fingerprint density at radius 3 is 2.61 bits per heavy atom. The predicted octanol–water partition coefficient (Wildman–Crippen LogP) is 3.60. The van der Waals surface area contributed by atoms with Gasteiger partial charge in [-0.15, -0.1) is 0 Å². The molecule has 4 heteroatoms. The second-order valence-corrected chi connectivity index (χ2v) is 4.14. The molecule has 0 atom stereocenters. The Balaban J connectivity index is 2.27.